The third kappa shape index (κ3) is 9.33. The number of rotatable bonds is 11. The van der Waals surface area contributed by atoms with Gasteiger partial charge in [0.15, 0.2) is 0 Å². The van der Waals surface area contributed by atoms with Gasteiger partial charge in [0.05, 0.1) is 30.1 Å². The number of halogens is 3. The van der Waals surface area contributed by atoms with E-state index in [9.17, 15) is 26.4 Å². The molecule has 0 atom stereocenters. The highest BCUT2D eigenvalue weighted by Gasteiger charge is 2.51. The first-order chi connectivity index (χ1) is 19.4. The minimum Gasteiger partial charge on any atom is -0.494 e. The van der Waals surface area contributed by atoms with Gasteiger partial charge in [-0.15, -0.1) is 0 Å². The molecule has 14 heteroatoms. The molecule has 1 saturated carbocycles. The van der Waals surface area contributed by atoms with Gasteiger partial charge in [0.1, 0.15) is 5.75 Å². The molecule has 10 nitrogen and oxygen atoms in total. The van der Waals surface area contributed by atoms with Crippen LogP contribution in [0.1, 0.15) is 31.7 Å². The van der Waals surface area contributed by atoms with E-state index in [1.807, 2.05) is 19.1 Å². The van der Waals surface area contributed by atoms with Crippen molar-refractivity contribution in [3.63, 3.8) is 0 Å². The molecule has 2 fully saturated rings. The van der Waals surface area contributed by atoms with E-state index in [1.165, 1.54) is 12.1 Å². The van der Waals surface area contributed by atoms with Crippen LogP contribution in [0.5, 0.6) is 5.75 Å². The van der Waals surface area contributed by atoms with Crippen LogP contribution < -0.4 is 14.8 Å². The van der Waals surface area contributed by atoms with Crippen molar-refractivity contribution >= 4 is 27.6 Å². The molecule has 0 bridgehead atoms. The van der Waals surface area contributed by atoms with Crippen LogP contribution in [-0.4, -0.2) is 82.5 Å². The summed E-state index contributed by atoms with van der Waals surface area (Å²) in [7, 11) is -3.72. The average Bonchev–Trinajstić information content (AvgIpc) is 3.74. The van der Waals surface area contributed by atoms with Crippen LogP contribution in [0, 0.1) is 0 Å². The lowest BCUT2D eigenvalue weighted by atomic mass is 9.95. The molecule has 4 rings (SSSR count). The van der Waals surface area contributed by atoms with Crippen LogP contribution in [0.3, 0.4) is 0 Å². The van der Waals surface area contributed by atoms with Gasteiger partial charge in [-0.05, 0) is 74.7 Å². The van der Waals surface area contributed by atoms with Crippen molar-refractivity contribution in [2.75, 3.05) is 50.7 Å². The molecule has 1 aliphatic heterocycles. The maximum atomic E-state index is 12.9. The summed E-state index contributed by atoms with van der Waals surface area (Å²) >= 11 is 0. The maximum Gasteiger partial charge on any atom is 0.490 e. The predicted molar refractivity (Wildman–Crippen MR) is 144 cm³/mol. The smallest absolute Gasteiger partial charge is 0.490 e. The number of nitrogens with one attached hydrogen (secondary N) is 2. The van der Waals surface area contributed by atoms with Crippen molar-refractivity contribution in [2.45, 2.75) is 42.7 Å². The topological polar surface area (TPSA) is 134 Å². The number of ether oxygens (including phenoxy) is 2. The number of carbonyl (C=O) groups is 2. The molecule has 0 spiro atoms. The first-order valence-corrected chi connectivity index (χ1v) is 14.6. The van der Waals surface area contributed by atoms with Crippen LogP contribution in [0.15, 0.2) is 53.4 Å². The fourth-order valence-corrected chi connectivity index (χ4v) is 5.28. The van der Waals surface area contributed by atoms with Gasteiger partial charge in [-0.3, -0.25) is 14.4 Å². The highest BCUT2D eigenvalue weighted by molar-refractivity contribution is 7.92. The van der Waals surface area contributed by atoms with Gasteiger partial charge in [-0.2, -0.15) is 13.2 Å². The second kappa shape index (κ2) is 14.0. The number of carboxylic acids is 1. The number of aliphatic carboxylic acids is 1. The number of alkyl halides is 3. The molecule has 0 aromatic heterocycles. The molecule has 2 aromatic carbocycles. The fraction of sp³-hybridized carbons (Fsp3) is 0.481. The fourth-order valence-electron chi connectivity index (χ4n) is 4.22. The summed E-state index contributed by atoms with van der Waals surface area (Å²) in [6, 6.07) is 13.4. The predicted octanol–water partition coefficient (Wildman–Crippen LogP) is 3.39. The zero-order chi connectivity index (χ0) is 30.1. The zero-order valence-electron chi connectivity index (χ0n) is 22.6. The van der Waals surface area contributed by atoms with E-state index in [0.717, 1.165) is 57.7 Å². The maximum absolute atomic E-state index is 12.9. The third-order valence-electron chi connectivity index (χ3n) is 6.60. The van der Waals surface area contributed by atoms with E-state index in [2.05, 4.69) is 14.9 Å². The summed E-state index contributed by atoms with van der Waals surface area (Å²) in [5, 5.41) is 10.2. The first kappa shape index (κ1) is 32.2. The number of hydrogen-bond acceptors (Lipinski definition) is 7. The van der Waals surface area contributed by atoms with E-state index < -0.39 is 27.6 Å². The Morgan fingerprint density at radius 2 is 1.63 bits per heavy atom. The third-order valence-corrected chi connectivity index (χ3v) is 8.00. The lowest BCUT2D eigenvalue weighted by molar-refractivity contribution is -0.192. The van der Waals surface area contributed by atoms with Crippen molar-refractivity contribution in [3.05, 3.63) is 54.1 Å². The summed E-state index contributed by atoms with van der Waals surface area (Å²) < 4.78 is 70.5. The van der Waals surface area contributed by atoms with Gasteiger partial charge in [0.2, 0.25) is 5.91 Å². The first-order valence-electron chi connectivity index (χ1n) is 13.1. The van der Waals surface area contributed by atoms with Gasteiger partial charge in [-0.25, -0.2) is 13.2 Å². The van der Waals surface area contributed by atoms with E-state index in [0.29, 0.717) is 24.6 Å². The molecular formula is C27H34F3N3O7S. The Balaban J connectivity index is 0.000000587. The van der Waals surface area contributed by atoms with Gasteiger partial charge in [0.25, 0.3) is 10.0 Å². The molecule has 2 aliphatic rings. The Labute approximate surface area is 236 Å². The van der Waals surface area contributed by atoms with Crippen LogP contribution in [0.4, 0.5) is 18.9 Å². The van der Waals surface area contributed by atoms with Crippen molar-refractivity contribution in [3.8, 4) is 5.75 Å². The number of nitrogens with zero attached hydrogens (tertiary/aromatic N) is 1. The van der Waals surface area contributed by atoms with Crippen LogP contribution in [-0.2, 0) is 29.8 Å². The van der Waals surface area contributed by atoms with E-state index in [1.54, 1.807) is 24.3 Å². The normalized spacial score (nSPS) is 16.6. The molecule has 2 aromatic rings. The second-order valence-electron chi connectivity index (χ2n) is 9.54. The minimum absolute atomic E-state index is 0.0530. The largest absolute Gasteiger partial charge is 0.494 e. The Kier molecular flexibility index (Phi) is 11.0. The lowest BCUT2D eigenvalue weighted by Gasteiger charge is -2.26. The quantitative estimate of drug-likeness (QED) is 0.334. The SMILES string of the molecule is CCOc1ccc(S(=O)(=O)Nc2ccc(C3(C(=O)NCCCN4CCOCC4)CC3)cc2)cc1.O=C(O)C(F)(F)F. The Bertz CT molecular complexity index is 1260. The van der Waals surface area contributed by atoms with Crippen molar-refractivity contribution < 1.29 is 45.8 Å². The Morgan fingerprint density at radius 1 is 1.05 bits per heavy atom. The zero-order valence-corrected chi connectivity index (χ0v) is 23.4. The van der Waals surface area contributed by atoms with Gasteiger partial charge in [0, 0.05) is 25.3 Å². The molecular weight excluding hydrogens is 567 g/mol. The average molecular weight is 602 g/mol. The lowest BCUT2D eigenvalue weighted by Crippen LogP contribution is -2.39. The number of benzene rings is 2. The summed E-state index contributed by atoms with van der Waals surface area (Å²) in [6.45, 7) is 7.46. The number of carbonyl (C=O) groups excluding carboxylic acids is 1. The number of carboxylic acid groups (broad SMARTS) is 1. The van der Waals surface area contributed by atoms with E-state index in [-0.39, 0.29) is 10.8 Å². The van der Waals surface area contributed by atoms with Crippen molar-refractivity contribution in [1.82, 2.24) is 10.2 Å². The highest BCUT2D eigenvalue weighted by Crippen LogP contribution is 2.48. The van der Waals surface area contributed by atoms with E-state index >= 15 is 0 Å². The van der Waals surface area contributed by atoms with Crippen LogP contribution in [0.25, 0.3) is 0 Å². The molecule has 0 unspecified atom stereocenters. The molecule has 1 saturated heterocycles. The van der Waals surface area contributed by atoms with E-state index in [4.69, 9.17) is 19.4 Å². The number of anilines is 1. The number of morpholine rings is 1. The molecule has 226 valence electrons. The second-order valence-corrected chi connectivity index (χ2v) is 11.2. The van der Waals surface area contributed by atoms with Crippen LogP contribution >= 0.6 is 0 Å². The minimum atomic E-state index is -5.08. The van der Waals surface area contributed by atoms with Gasteiger partial charge in [-0.1, -0.05) is 12.1 Å². The Morgan fingerprint density at radius 3 is 2.15 bits per heavy atom. The van der Waals surface area contributed by atoms with Crippen LogP contribution in [0.2, 0.25) is 0 Å². The number of hydrogen-bond donors (Lipinski definition) is 3. The molecule has 41 heavy (non-hydrogen) atoms. The van der Waals surface area contributed by atoms with Crippen molar-refractivity contribution in [1.29, 1.82) is 0 Å². The van der Waals surface area contributed by atoms with Crippen molar-refractivity contribution in [2.24, 2.45) is 0 Å². The Hall–Kier alpha value is -3.36. The molecule has 3 N–H and O–H groups in total. The van der Waals surface area contributed by atoms with Gasteiger partial charge < -0.3 is 19.9 Å². The monoisotopic (exact) mass is 601 g/mol. The highest BCUT2D eigenvalue weighted by atomic mass is 32.2. The number of amides is 1. The number of sulfonamides is 1. The standard InChI is InChI=1S/C25H33N3O5S.C2HF3O2/c1-2-33-22-8-10-23(11-9-22)34(30,31)27-21-6-4-20(5-7-21)25(12-13-25)24(29)26-14-3-15-28-16-18-32-19-17-28;3-2(4,5)1(6)7/h4-11,27H,2-3,12-19H2,1H3,(H,26,29);(H,6,7). The summed E-state index contributed by atoms with van der Waals surface area (Å²) in [6.07, 6.45) is -2.56. The summed E-state index contributed by atoms with van der Waals surface area (Å²) in [4.78, 5) is 24.3. The molecule has 1 aliphatic carbocycles. The molecule has 1 amide bonds. The molecule has 0 radical (unpaired) electrons. The summed E-state index contributed by atoms with van der Waals surface area (Å²) in [5.41, 5.74) is 0.882. The molecule has 1 heterocycles. The van der Waals surface area contributed by atoms with Gasteiger partial charge >= 0.3 is 12.1 Å². The summed E-state index contributed by atoms with van der Waals surface area (Å²) in [5.74, 6) is -2.08.